The Labute approximate surface area is 163 Å². The summed E-state index contributed by atoms with van der Waals surface area (Å²) in [6.07, 6.45) is 0. The lowest BCUT2D eigenvalue weighted by Gasteiger charge is -2.40. The number of ether oxygens (including phenoxy) is 2. The molecule has 2 atom stereocenters. The fraction of sp³-hybridized carbons (Fsp3) is 0.444. The average molecular weight is 393 g/mol. The molecule has 0 bridgehead atoms. The number of nitrogens with zero attached hydrogens (tertiary/aromatic N) is 2. The number of allylic oxidation sites excluding steroid dienone is 1. The van der Waals surface area contributed by atoms with Gasteiger partial charge in [0.15, 0.2) is 5.11 Å². The second-order valence-electron chi connectivity index (χ2n) is 6.13. The van der Waals surface area contributed by atoms with Gasteiger partial charge in [-0.3, -0.25) is 10.1 Å². The number of hydrogen-bond acceptors (Lipinski definition) is 6. The highest BCUT2D eigenvalue weighted by Gasteiger charge is 2.36. The first kappa shape index (κ1) is 20.8. The number of benzene rings is 1. The third kappa shape index (κ3) is 4.42. The van der Waals surface area contributed by atoms with E-state index in [1.165, 1.54) is 12.1 Å². The Morgan fingerprint density at radius 1 is 1.41 bits per heavy atom. The topological polar surface area (TPSA) is 93.9 Å². The number of nitro groups is 1. The van der Waals surface area contributed by atoms with E-state index in [0.717, 1.165) is 0 Å². The van der Waals surface area contributed by atoms with Gasteiger partial charge in [-0.05, 0) is 50.7 Å². The van der Waals surface area contributed by atoms with Gasteiger partial charge < -0.3 is 19.7 Å². The summed E-state index contributed by atoms with van der Waals surface area (Å²) >= 11 is 5.51. The maximum absolute atomic E-state index is 12.7. The highest BCUT2D eigenvalue weighted by Crippen LogP contribution is 2.33. The first-order valence-corrected chi connectivity index (χ1v) is 8.93. The molecule has 1 aliphatic heterocycles. The molecule has 0 radical (unpaired) electrons. The molecule has 1 aromatic rings. The second kappa shape index (κ2) is 8.92. The van der Waals surface area contributed by atoms with Crippen LogP contribution < -0.4 is 5.32 Å². The minimum atomic E-state index is -0.552. The zero-order valence-corrected chi connectivity index (χ0v) is 16.5. The largest absolute Gasteiger partial charge is 0.463 e. The molecule has 0 amide bonds. The number of thiocarbonyl (C=S) groups is 1. The smallest absolute Gasteiger partial charge is 0.338 e. The highest BCUT2D eigenvalue weighted by atomic mass is 32.1. The summed E-state index contributed by atoms with van der Waals surface area (Å²) in [6.45, 7) is 6.15. The molecule has 2 rings (SSSR count). The molecule has 0 fully saturated rings. The van der Waals surface area contributed by atoms with E-state index in [1.807, 2.05) is 18.7 Å². The van der Waals surface area contributed by atoms with E-state index in [2.05, 4.69) is 5.32 Å². The van der Waals surface area contributed by atoms with Gasteiger partial charge in [-0.1, -0.05) is 0 Å². The minimum Gasteiger partial charge on any atom is -0.463 e. The zero-order valence-electron chi connectivity index (χ0n) is 15.7. The molecule has 1 aromatic carbocycles. The van der Waals surface area contributed by atoms with Gasteiger partial charge in [0.25, 0.3) is 5.69 Å². The summed E-state index contributed by atoms with van der Waals surface area (Å²) in [5.74, 6) is -0.456. The molecular weight excluding hydrogens is 370 g/mol. The molecule has 1 N–H and O–H groups in total. The summed E-state index contributed by atoms with van der Waals surface area (Å²) < 4.78 is 10.5. The fourth-order valence-corrected chi connectivity index (χ4v) is 3.55. The summed E-state index contributed by atoms with van der Waals surface area (Å²) in [7, 11) is 1.60. The van der Waals surface area contributed by atoms with Crippen molar-refractivity contribution in [2.45, 2.75) is 32.9 Å². The van der Waals surface area contributed by atoms with Gasteiger partial charge in [-0.2, -0.15) is 0 Å². The molecule has 146 valence electrons. The van der Waals surface area contributed by atoms with Crippen molar-refractivity contribution in [2.24, 2.45) is 0 Å². The lowest BCUT2D eigenvalue weighted by Crippen LogP contribution is -2.52. The maximum atomic E-state index is 12.7. The van der Waals surface area contributed by atoms with Gasteiger partial charge in [-0.25, -0.2) is 4.79 Å². The lowest BCUT2D eigenvalue weighted by atomic mass is 9.94. The molecule has 0 spiro atoms. The van der Waals surface area contributed by atoms with Crippen LogP contribution in [0.5, 0.6) is 0 Å². The number of non-ortho nitro benzene ring substituents is 1. The number of carbonyl (C=O) groups excluding carboxylic acids is 1. The quantitative estimate of drug-likeness (QED) is 0.327. The standard InChI is InChI=1S/C18H23N3O5S/c1-5-26-17(22)15-12(3)20(11(2)10-25-4)18(27)19-16(15)13-6-8-14(9-7-13)21(23)24/h6-9,11,16H,5,10H2,1-4H3,(H,19,27)/t11-,16-/m0/s1. The molecule has 27 heavy (non-hydrogen) atoms. The minimum absolute atomic E-state index is 0.0223. The molecule has 0 saturated carbocycles. The number of methoxy groups -OCH3 is 1. The van der Waals surface area contributed by atoms with Crippen molar-refractivity contribution in [3.8, 4) is 0 Å². The molecule has 1 aliphatic rings. The number of esters is 1. The van der Waals surface area contributed by atoms with Crippen LogP contribution in [0.25, 0.3) is 0 Å². The second-order valence-corrected chi connectivity index (χ2v) is 6.51. The van der Waals surface area contributed by atoms with Gasteiger partial charge in [-0.15, -0.1) is 0 Å². The summed E-state index contributed by atoms with van der Waals surface area (Å²) in [5.41, 5.74) is 1.75. The Kier molecular flexibility index (Phi) is 6.86. The van der Waals surface area contributed by atoms with Crippen LogP contribution in [-0.4, -0.2) is 47.3 Å². The van der Waals surface area contributed by atoms with E-state index in [4.69, 9.17) is 21.7 Å². The Morgan fingerprint density at radius 2 is 2.04 bits per heavy atom. The number of nitrogens with one attached hydrogen (secondary N) is 1. The Morgan fingerprint density at radius 3 is 2.56 bits per heavy atom. The van der Waals surface area contributed by atoms with Gasteiger partial charge in [0.05, 0.1) is 35.8 Å². The predicted octanol–water partition coefficient (Wildman–Crippen LogP) is 2.70. The average Bonchev–Trinajstić information content (AvgIpc) is 2.61. The lowest BCUT2D eigenvalue weighted by molar-refractivity contribution is -0.384. The third-order valence-corrected chi connectivity index (χ3v) is 4.62. The summed E-state index contributed by atoms with van der Waals surface area (Å²) in [5, 5.41) is 14.5. The van der Waals surface area contributed by atoms with Gasteiger partial charge in [0.1, 0.15) is 0 Å². The van der Waals surface area contributed by atoms with Crippen LogP contribution in [-0.2, 0) is 14.3 Å². The van der Waals surface area contributed by atoms with E-state index < -0.39 is 16.9 Å². The highest BCUT2D eigenvalue weighted by molar-refractivity contribution is 7.80. The molecule has 9 heteroatoms. The molecule has 0 aliphatic carbocycles. The van der Waals surface area contributed by atoms with E-state index in [9.17, 15) is 14.9 Å². The van der Waals surface area contributed by atoms with Crippen LogP contribution in [0, 0.1) is 10.1 Å². The van der Waals surface area contributed by atoms with Crippen molar-refractivity contribution in [3.05, 3.63) is 51.2 Å². The van der Waals surface area contributed by atoms with Gasteiger partial charge in [0, 0.05) is 24.9 Å². The van der Waals surface area contributed by atoms with Crippen molar-refractivity contribution in [1.82, 2.24) is 10.2 Å². The van der Waals surface area contributed by atoms with Crippen LogP contribution in [0.2, 0.25) is 0 Å². The van der Waals surface area contributed by atoms with Crippen LogP contribution in [0.15, 0.2) is 35.5 Å². The Balaban J connectivity index is 2.50. The first-order valence-electron chi connectivity index (χ1n) is 8.52. The van der Waals surface area contributed by atoms with Crippen LogP contribution in [0.1, 0.15) is 32.4 Å². The zero-order chi connectivity index (χ0) is 20.1. The number of carbonyl (C=O) groups is 1. The first-order chi connectivity index (χ1) is 12.8. The van der Waals surface area contributed by atoms with E-state index >= 15 is 0 Å². The molecule has 0 saturated heterocycles. The monoisotopic (exact) mass is 393 g/mol. The third-order valence-electron chi connectivity index (χ3n) is 4.31. The molecular formula is C18H23N3O5S. The fourth-order valence-electron chi connectivity index (χ4n) is 3.12. The van der Waals surface area contributed by atoms with Crippen LogP contribution >= 0.6 is 12.2 Å². The SMILES string of the molecule is CCOC(=O)C1=C(C)N([C@@H](C)COC)C(=S)N[C@H]1c1ccc([N+](=O)[O-])cc1. The van der Waals surface area contributed by atoms with E-state index in [1.54, 1.807) is 26.2 Å². The van der Waals surface area contributed by atoms with Crippen LogP contribution in [0.4, 0.5) is 5.69 Å². The van der Waals surface area contributed by atoms with Crippen molar-refractivity contribution in [3.63, 3.8) is 0 Å². The number of hydrogen-bond donors (Lipinski definition) is 1. The molecule has 1 heterocycles. The molecule has 8 nitrogen and oxygen atoms in total. The summed E-state index contributed by atoms with van der Waals surface area (Å²) in [6, 6.07) is 5.38. The van der Waals surface area contributed by atoms with Crippen molar-refractivity contribution in [2.75, 3.05) is 20.3 Å². The van der Waals surface area contributed by atoms with Crippen molar-refractivity contribution in [1.29, 1.82) is 0 Å². The maximum Gasteiger partial charge on any atom is 0.338 e. The van der Waals surface area contributed by atoms with Crippen LogP contribution in [0.3, 0.4) is 0 Å². The molecule has 0 aromatic heterocycles. The summed E-state index contributed by atoms with van der Waals surface area (Å²) in [4.78, 5) is 24.9. The molecule has 0 unspecified atom stereocenters. The number of nitro benzene ring substituents is 1. The Hall–Kier alpha value is -2.52. The number of rotatable bonds is 7. The van der Waals surface area contributed by atoms with Crippen molar-refractivity contribution < 1.29 is 19.2 Å². The van der Waals surface area contributed by atoms with Gasteiger partial charge in [0.2, 0.25) is 0 Å². The normalized spacial score (nSPS) is 18.1. The van der Waals surface area contributed by atoms with Crippen molar-refractivity contribution >= 4 is 29.0 Å². The van der Waals surface area contributed by atoms with Gasteiger partial charge >= 0.3 is 5.97 Å². The van der Waals surface area contributed by atoms with E-state index in [-0.39, 0.29) is 18.3 Å². The Bertz CT molecular complexity index is 763. The van der Waals surface area contributed by atoms with E-state index in [0.29, 0.717) is 28.6 Å². The predicted molar refractivity (Wildman–Crippen MR) is 104 cm³/mol.